The first kappa shape index (κ1) is 17.5. The summed E-state index contributed by atoms with van der Waals surface area (Å²) < 4.78 is 5.68. The lowest BCUT2D eigenvalue weighted by Crippen LogP contribution is -2.44. The van der Waals surface area contributed by atoms with Crippen LogP contribution < -0.4 is 5.73 Å². The van der Waals surface area contributed by atoms with Crippen molar-refractivity contribution in [1.82, 2.24) is 10.1 Å². The molecule has 2 heterocycles. The first-order valence-corrected chi connectivity index (χ1v) is 9.26. The third-order valence-electron chi connectivity index (χ3n) is 5.10. The van der Waals surface area contributed by atoms with E-state index in [0.717, 1.165) is 28.1 Å². The van der Waals surface area contributed by atoms with Crippen LogP contribution in [0.25, 0.3) is 0 Å². The van der Waals surface area contributed by atoms with E-state index in [1.807, 2.05) is 36.4 Å². The normalized spacial score (nSPS) is 14.9. The van der Waals surface area contributed by atoms with E-state index in [2.05, 4.69) is 29.4 Å². The van der Waals surface area contributed by atoms with Gasteiger partial charge in [-0.25, -0.2) is 0 Å². The van der Waals surface area contributed by atoms with Crippen molar-refractivity contribution in [2.24, 2.45) is 5.73 Å². The molecule has 138 valence electrons. The maximum atomic E-state index is 12.4. The van der Waals surface area contributed by atoms with Crippen molar-refractivity contribution in [3.8, 4) is 0 Å². The van der Waals surface area contributed by atoms with E-state index in [1.54, 1.807) is 11.8 Å². The lowest BCUT2D eigenvalue weighted by atomic mass is 9.85. The van der Waals surface area contributed by atoms with Gasteiger partial charge in [0, 0.05) is 18.5 Å². The summed E-state index contributed by atoms with van der Waals surface area (Å²) in [5.74, 6) is 0.796. The third kappa shape index (κ3) is 3.38. The molecule has 1 atom stereocenters. The minimum atomic E-state index is -0.506. The standard InChI is InChI=1S/C22H23N3O2/c1-15(23)22(26)25-13-12-19-18(14-25)21(24-27-19)20(16-8-4-2-5-9-16)17-10-6-3-7-11-17/h2-11,15,20H,12-14,23H2,1H3/t15-/m0/s1. The number of carbonyl (C=O) groups excluding carboxylic acids is 1. The first-order valence-electron chi connectivity index (χ1n) is 9.26. The van der Waals surface area contributed by atoms with Gasteiger partial charge in [0.1, 0.15) is 11.5 Å². The van der Waals surface area contributed by atoms with Crippen molar-refractivity contribution in [3.63, 3.8) is 0 Å². The second-order valence-electron chi connectivity index (χ2n) is 7.02. The number of hydrogen-bond acceptors (Lipinski definition) is 4. The van der Waals surface area contributed by atoms with E-state index in [-0.39, 0.29) is 11.8 Å². The zero-order valence-electron chi connectivity index (χ0n) is 15.3. The number of aromatic nitrogens is 1. The van der Waals surface area contributed by atoms with E-state index >= 15 is 0 Å². The summed E-state index contributed by atoms with van der Waals surface area (Å²) in [6.07, 6.45) is 0.664. The SMILES string of the molecule is C[C@H](N)C(=O)N1CCc2onc(C(c3ccccc3)c3ccccc3)c2C1. The summed E-state index contributed by atoms with van der Waals surface area (Å²) in [5.41, 5.74) is 10.00. The molecule has 27 heavy (non-hydrogen) atoms. The largest absolute Gasteiger partial charge is 0.361 e. The number of carbonyl (C=O) groups is 1. The van der Waals surface area contributed by atoms with Crippen LogP contribution in [0, 0.1) is 0 Å². The number of nitrogens with two attached hydrogens (primary N) is 1. The molecular weight excluding hydrogens is 338 g/mol. The number of rotatable bonds is 4. The molecule has 5 heteroatoms. The van der Waals surface area contributed by atoms with Crippen molar-refractivity contribution >= 4 is 5.91 Å². The molecule has 0 bridgehead atoms. The molecule has 0 spiro atoms. The van der Waals surface area contributed by atoms with Gasteiger partial charge in [0.25, 0.3) is 0 Å². The lowest BCUT2D eigenvalue weighted by Gasteiger charge is -2.28. The van der Waals surface area contributed by atoms with Gasteiger partial charge in [0.05, 0.1) is 18.5 Å². The van der Waals surface area contributed by atoms with Gasteiger partial charge in [0.15, 0.2) is 0 Å². The molecule has 0 radical (unpaired) electrons. The smallest absolute Gasteiger partial charge is 0.239 e. The summed E-state index contributed by atoms with van der Waals surface area (Å²) >= 11 is 0. The van der Waals surface area contributed by atoms with Crippen LogP contribution in [0.5, 0.6) is 0 Å². The maximum absolute atomic E-state index is 12.4. The van der Waals surface area contributed by atoms with Gasteiger partial charge < -0.3 is 15.2 Å². The number of benzene rings is 2. The van der Waals surface area contributed by atoms with Gasteiger partial charge >= 0.3 is 0 Å². The molecule has 5 nitrogen and oxygen atoms in total. The molecule has 1 amide bonds. The van der Waals surface area contributed by atoms with Gasteiger partial charge in [-0.15, -0.1) is 0 Å². The van der Waals surface area contributed by atoms with Gasteiger partial charge in [-0.3, -0.25) is 4.79 Å². The van der Waals surface area contributed by atoms with Crippen molar-refractivity contribution in [2.45, 2.75) is 31.8 Å². The molecule has 0 saturated carbocycles. The fraction of sp³-hybridized carbons (Fsp3) is 0.273. The number of hydrogen-bond donors (Lipinski definition) is 1. The zero-order chi connectivity index (χ0) is 18.8. The Morgan fingerprint density at radius 2 is 1.67 bits per heavy atom. The van der Waals surface area contributed by atoms with Crippen molar-refractivity contribution in [2.75, 3.05) is 6.54 Å². The molecule has 1 aliphatic heterocycles. The molecule has 1 aliphatic rings. The monoisotopic (exact) mass is 361 g/mol. The van der Waals surface area contributed by atoms with Crippen LogP contribution in [0.1, 0.15) is 41.0 Å². The second-order valence-corrected chi connectivity index (χ2v) is 7.02. The van der Waals surface area contributed by atoms with Crippen molar-refractivity contribution in [1.29, 1.82) is 0 Å². The molecule has 1 aromatic heterocycles. The minimum Gasteiger partial charge on any atom is -0.361 e. The highest BCUT2D eigenvalue weighted by molar-refractivity contribution is 5.81. The zero-order valence-corrected chi connectivity index (χ0v) is 15.3. The summed E-state index contributed by atoms with van der Waals surface area (Å²) in [7, 11) is 0. The van der Waals surface area contributed by atoms with E-state index in [0.29, 0.717) is 19.5 Å². The minimum absolute atomic E-state index is 0.0368. The molecule has 2 aromatic carbocycles. The number of fused-ring (bicyclic) bond motifs is 1. The topological polar surface area (TPSA) is 72.4 Å². The fourth-order valence-corrected chi connectivity index (χ4v) is 3.73. The van der Waals surface area contributed by atoms with Crippen LogP contribution in [-0.4, -0.2) is 28.6 Å². The number of amides is 1. The average Bonchev–Trinajstić information content (AvgIpc) is 3.12. The molecule has 0 unspecified atom stereocenters. The van der Waals surface area contributed by atoms with E-state index in [4.69, 9.17) is 10.3 Å². The van der Waals surface area contributed by atoms with Crippen LogP contribution in [0.4, 0.5) is 0 Å². The van der Waals surface area contributed by atoms with Crippen LogP contribution in [0.2, 0.25) is 0 Å². The van der Waals surface area contributed by atoms with E-state index < -0.39 is 6.04 Å². The molecule has 2 N–H and O–H groups in total. The van der Waals surface area contributed by atoms with E-state index in [9.17, 15) is 4.79 Å². The summed E-state index contributed by atoms with van der Waals surface area (Å²) in [6, 6.07) is 20.0. The molecule has 3 aromatic rings. The predicted molar refractivity (Wildman–Crippen MR) is 103 cm³/mol. The first-order chi connectivity index (χ1) is 13.1. The van der Waals surface area contributed by atoms with Crippen LogP contribution in [0.3, 0.4) is 0 Å². The quantitative estimate of drug-likeness (QED) is 0.775. The van der Waals surface area contributed by atoms with Crippen LogP contribution in [0.15, 0.2) is 65.2 Å². The van der Waals surface area contributed by atoms with Gasteiger partial charge in [-0.1, -0.05) is 65.8 Å². The van der Waals surface area contributed by atoms with E-state index in [1.165, 1.54) is 0 Å². The Kier molecular flexibility index (Phi) is 4.77. The third-order valence-corrected chi connectivity index (χ3v) is 5.10. The lowest BCUT2D eigenvalue weighted by molar-refractivity contribution is -0.133. The van der Waals surface area contributed by atoms with Crippen molar-refractivity contribution in [3.05, 3.63) is 88.8 Å². The van der Waals surface area contributed by atoms with Crippen LogP contribution >= 0.6 is 0 Å². The Hall–Kier alpha value is -2.92. The van der Waals surface area contributed by atoms with Gasteiger partial charge in [-0.05, 0) is 18.1 Å². The Morgan fingerprint density at radius 3 is 2.22 bits per heavy atom. The predicted octanol–water partition coefficient (Wildman–Crippen LogP) is 3.09. The fourth-order valence-electron chi connectivity index (χ4n) is 3.73. The average molecular weight is 361 g/mol. The molecule has 0 fully saturated rings. The Bertz CT molecular complexity index is 880. The van der Waals surface area contributed by atoms with Crippen molar-refractivity contribution < 1.29 is 9.32 Å². The highest BCUT2D eigenvalue weighted by atomic mass is 16.5. The molecule has 0 aliphatic carbocycles. The maximum Gasteiger partial charge on any atom is 0.239 e. The highest BCUT2D eigenvalue weighted by Gasteiger charge is 2.32. The van der Waals surface area contributed by atoms with Crippen LogP contribution in [-0.2, 0) is 17.8 Å². The Morgan fingerprint density at radius 1 is 1.07 bits per heavy atom. The van der Waals surface area contributed by atoms with Gasteiger partial charge in [0.2, 0.25) is 5.91 Å². The molecule has 0 saturated heterocycles. The summed E-state index contributed by atoms with van der Waals surface area (Å²) in [6.45, 7) is 2.83. The Balaban J connectivity index is 1.77. The second kappa shape index (κ2) is 7.37. The summed E-state index contributed by atoms with van der Waals surface area (Å²) in [5, 5.41) is 4.45. The Labute approximate surface area is 158 Å². The molecule has 4 rings (SSSR count). The molecular formula is C22H23N3O2. The summed E-state index contributed by atoms with van der Waals surface area (Å²) in [4.78, 5) is 14.2. The highest BCUT2D eigenvalue weighted by Crippen LogP contribution is 2.36. The van der Waals surface area contributed by atoms with Gasteiger partial charge in [-0.2, -0.15) is 0 Å². The number of nitrogens with zero attached hydrogens (tertiary/aromatic N) is 2.